The summed E-state index contributed by atoms with van der Waals surface area (Å²) in [6, 6.07) is 0. The maximum absolute atomic E-state index is 12.4. The molecule has 1 aliphatic heterocycles. The van der Waals surface area contributed by atoms with Crippen LogP contribution in [0.2, 0.25) is 0 Å². The zero-order valence-corrected chi connectivity index (χ0v) is 12.5. The van der Waals surface area contributed by atoms with Gasteiger partial charge in [0.1, 0.15) is 0 Å². The van der Waals surface area contributed by atoms with E-state index in [9.17, 15) is 13.2 Å². The molecule has 0 aromatic rings. The highest BCUT2D eigenvalue weighted by molar-refractivity contribution is 7.86. The Bertz CT molecular complexity index is 393. The molecule has 1 aliphatic rings. The van der Waals surface area contributed by atoms with Gasteiger partial charge in [-0.05, 0) is 25.2 Å². The van der Waals surface area contributed by atoms with Gasteiger partial charge in [0.05, 0.1) is 0 Å². The molecule has 112 valence electrons. The molecule has 1 atom stereocenters. The van der Waals surface area contributed by atoms with E-state index in [-0.39, 0.29) is 12.3 Å². The Morgan fingerprint density at radius 3 is 2.53 bits per heavy atom. The van der Waals surface area contributed by atoms with Gasteiger partial charge in [0.2, 0.25) is 0 Å². The second-order valence-corrected chi connectivity index (χ2v) is 6.82. The molecule has 1 N–H and O–H groups in total. The van der Waals surface area contributed by atoms with Crippen molar-refractivity contribution < 1.29 is 18.3 Å². The van der Waals surface area contributed by atoms with Crippen molar-refractivity contribution >= 4 is 16.2 Å². The summed E-state index contributed by atoms with van der Waals surface area (Å²) in [4.78, 5) is 10.6. The van der Waals surface area contributed by atoms with Crippen molar-refractivity contribution in [3.05, 3.63) is 0 Å². The first kappa shape index (κ1) is 16.4. The van der Waals surface area contributed by atoms with Gasteiger partial charge in [-0.2, -0.15) is 17.0 Å². The van der Waals surface area contributed by atoms with E-state index in [1.54, 1.807) is 0 Å². The van der Waals surface area contributed by atoms with Crippen LogP contribution in [0, 0.1) is 5.92 Å². The molecule has 0 aromatic heterocycles. The van der Waals surface area contributed by atoms with Crippen LogP contribution >= 0.6 is 0 Å². The topological polar surface area (TPSA) is 77.9 Å². The average Bonchev–Trinajstić information content (AvgIpc) is 2.38. The summed E-state index contributed by atoms with van der Waals surface area (Å²) < 4.78 is 27.7. The normalized spacial score (nSPS) is 21.7. The van der Waals surface area contributed by atoms with E-state index in [2.05, 4.69) is 0 Å². The lowest BCUT2D eigenvalue weighted by Gasteiger charge is -2.34. The Kier molecular flexibility index (Phi) is 6.22. The Morgan fingerprint density at radius 1 is 1.37 bits per heavy atom. The SMILES string of the molecule is CCN(CC)S(=O)(=O)N1CCCC(CCC(=O)O)C1. The monoisotopic (exact) mass is 292 g/mol. The van der Waals surface area contributed by atoms with Crippen LogP contribution in [-0.4, -0.2) is 54.3 Å². The molecular formula is C12H24N2O4S. The summed E-state index contributed by atoms with van der Waals surface area (Å²) >= 11 is 0. The molecule has 0 aliphatic carbocycles. The maximum atomic E-state index is 12.4. The highest BCUT2D eigenvalue weighted by atomic mass is 32.2. The molecule has 1 rings (SSSR count). The molecule has 19 heavy (non-hydrogen) atoms. The van der Waals surface area contributed by atoms with Crippen molar-refractivity contribution in [3.63, 3.8) is 0 Å². The van der Waals surface area contributed by atoms with Crippen molar-refractivity contribution in [2.24, 2.45) is 5.92 Å². The summed E-state index contributed by atoms with van der Waals surface area (Å²) in [5.41, 5.74) is 0. The molecule has 0 bridgehead atoms. The zero-order valence-electron chi connectivity index (χ0n) is 11.7. The molecule has 6 nitrogen and oxygen atoms in total. The molecule has 0 radical (unpaired) electrons. The fourth-order valence-corrected chi connectivity index (χ4v) is 4.25. The van der Waals surface area contributed by atoms with Crippen LogP contribution in [-0.2, 0) is 15.0 Å². The van der Waals surface area contributed by atoms with E-state index >= 15 is 0 Å². The standard InChI is InChI=1S/C12H24N2O4S/c1-3-13(4-2)19(17,18)14-9-5-6-11(10-14)7-8-12(15)16/h11H,3-10H2,1-2H3,(H,15,16). The number of aliphatic carboxylic acids is 1. The second-order valence-electron chi connectivity index (χ2n) is 4.89. The average molecular weight is 292 g/mol. The van der Waals surface area contributed by atoms with Crippen molar-refractivity contribution in [1.82, 2.24) is 8.61 Å². The molecule has 0 spiro atoms. The summed E-state index contributed by atoms with van der Waals surface area (Å²) in [7, 11) is -3.38. The first-order valence-corrected chi connectivity index (χ1v) is 8.28. The first-order valence-electron chi connectivity index (χ1n) is 6.88. The van der Waals surface area contributed by atoms with Crippen LogP contribution in [0.15, 0.2) is 0 Å². The molecule has 1 heterocycles. The highest BCUT2D eigenvalue weighted by Gasteiger charge is 2.32. The smallest absolute Gasteiger partial charge is 0.303 e. The lowest BCUT2D eigenvalue weighted by atomic mass is 9.95. The van der Waals surface area contributed by atoms with Crippen LogP contribution in [0.4, 0.5) is 0 Å². The second kappa shape index (κ2) is 7.21. The fraction of sp³-hybridized carbons (Fsp3) is 0.917. The number of carboxylic acid groups (broad SMARTS) is 1. The minimum atomic E-state index is -3.38. The van der Waals surface area contributed by atoms with Crippen LogP contribution in [0.25, 0.3) is 0 Å². The molecule has 1 saturated heterocycles. The van der Waals surface area contributed by atoms with Gasteiger partial charge in [-0.1, -0.05) is 13.8 Å². The number of hydrogen-bond donors (Lipinski definition) is 1. The third-order valence-electron chi connectivity index (χ3n) is 3.61. The summed E-state index contributed by atoms with van der Waals surface area (Å²) in [6.07, 6.45) is 2.39. The molecular weight excluding hydrogens is 268 g/mol. The first-order chi connectivity index (χ1) is 8.91. The van der Waals surface area contributed by atoms with Crippen molar-refractivity contribution in [3.8, 4) is 0 Å². The minimum Gasteiger partial charge on any atom is -0.481 e. The Morgan fingerprint density at radius 2 is 2.00 bits per heavy atom. The minimum absolute atomic E-state index is 0.115. The van der Waals surface area contributed by atoms with Crippen molar-refractivity contribution in [2.45, 2.75) is 39.5 Å². The van der Waals surface area contributed by atoms with E-state index in [1.165, 1.54) is 8.61 Å². The lowest BCUT2D eigenvalue weighted by molar-refractivity contribution is -0.137. The highest BCUT2D eigenvalue weighted by Crippen LogP contribution is 2.24. The van der Waals surface area contributed by atoms with Gasteiger partial charge in [0.15, 0.2) is 0 Å². The Labute approximate surface area is 115 Å². The third-order valence-corrected chi connectivity index (χ3v) is 5.76. The molecule has 7 heteroatoms. The van der Waals surface area contributed by atoms with Crippen LogP contribution in [0.3, 0.4) is 0 Å². The van der Waals surface area contributed by atoms with Gasteiger partial charge in [0, 0.05) is 32.6 Å². The van der Waals surface area contributed by atoms with Crippen LogP contribution < -0.4 is 0 Å². The lowest BCUT2D eigenvalue weighted by Crippen LogP contribution is -2.47. The molecule has 0 amide bonds. The van der Waals surface area contributed by atoms with Gasteiger partial charge < -0.3 is 5.11 Å². The predicted octanol–water partition coefficient (Wildman–Crippen LogP) is 1.15. The molecule has 1 fully saturated rings. The molecule has 1 unspecified atom stereocenters. The Balaban J connectivity index is 2.65. The fourth-order valence-electron chi connectivity index (χ4n) is 2.51. The number of carboxylic acids is 1. The summed E-state index contributed by atoms with van der Waals surface area (Å²) in [5.74, 6) is -0.654. The summed E-state index contributed by atoms with van der Waals surface area (Å²) in [5, 5.41) is 8.69. The van der Waals surface area contributed by atoms with Gasteiger partial charge in [-0.3, -0.25) is 4.79 Å². The van der Waals surface area contributed by atoms with Crippen molar-refractivity contribution in [1.29, 1.82) is 0 Å². The maximum Gasteiger partial charge on any atom is 0.303 e. The number of hydrogen-bond acceptors (Lipinski definition) is 3. The van der Waals surface area contributed by atoms with E-state index in [4.69, 9.17) is 5.11 Å². The zero-order chi connectivity index (χ0) is 14.5. The number of carbonyl (C=O) groups is 1. The summed E-state index contributed by atoms with van der Waals surface area (Å²) in [6.45, 7) is 5.58. The number of rotatable bonds is 7. The number of nitrogens with zero attached hydrogens (tertiary/aromatic N) is 2. The Hall–Kier alpha value is -0.660. The van der Waals surface area contributed by atoms with Crippen molar-refractivity contribution in [2.75, 3.05) is 26.2 Å². The van der Waals surface area contributed by atoms with Crippen LogP contribution in [0.5, 0.6) is 0 Å². The quantitative estimate of drug-likeness (QED) is 0.763. The third kappa shape index (κ3) is 4.43. The van der Waals surface area contributed by atoms with Crippen LogP contribution in [0.1, 0.15) is 39.5 Å². The van der Waals surface area contributed by atoms with E-state index in [0.717, 1.165) is 12.8 Å². The number of piperidine rings is 1. The predicted molar refractivity (Wildman–Crippen MR) is 73.0 cm³/mol. The van der Waals surface area contributed by atoms with E-state index < -0.39 is 16.2 Å². The largest absolute Gasteiger partial charge is 0.481 e. The van der Waals surface area contributed by atoms with Gasteiger partial charge in [0.25, 0.3) is 10.2 Å². The van der Waals surface area contributed by atoms with Gasteiger partial charge in [-0.25, -0.2) is 0 Å². The van der Waals surface area contributed by atoms with Gasteiger partial charge >= 0.3 is 5.97 Å². The molecule has 0 aromatic carbocycles. The van der Waals surface area contributed by atoms with Gasteiger partial charge in [-0.15, -0.1) is 0 Å². The van der Waals surface area contributed by atoms with E-state index in [1.807, 2.05) is 13.8 Å². The van der Waals surface area contributed by atoms with E-state index in [0.29, 0.717) is 32.6 Å². The molecule has 0 saturated carbocycles.